The minimum Gasteiger partial charge on any atom is -0.481 e. The third kappa shape index (κ3) is 6.23. The molecule has 0 spiro atoms. The van der Waals surface area contributed by atoms with Crippen molar-refractivity contribution < 1.29 is 19.8 Å². The number of carboxylic acid groups (broad SMARTS) is 2. The van der Waals surface area contributed by atoms with Crippen molar-refractivity contribution in [2.24, 2.45) is 23.7 Å². The first-order valence-corrected chi connectivity index (χ1v) is 12.3. The summed E-state index contributed by atoms with van der Waals surface area (Å²) in [5.41, 5.74) is 4.47. The van der Waals surface area contributed by atoms with E-state index in [1.54, 1.807) is 0 Å². The van der Waals surface area contributed by atoms with Crippen molar-refractivity contribution in [3.8, 4) is 0 Å². The summed E-state index contributed by atoms with van der Waals surface area (Å²) in [5.74, 6) is -1.57. The summed E-state index contributed by atoms with van der Waals surface area (Å²) in [7, 11) is 0. The Morgan fingerprint density at radius 2 is 1.30 bits per heavy atom. The van der Waals surface area contributed by atoms with E-state index in [0.29, 0.717) is 18.8 Å². The molecule has 5 nitrogen and oxygen atoms in total. The molecule has 1 heterocycles. The van der Waals surface area contributed by atoms with Crippen molar-refractivity contribution in [1.29, 1.82) is 0 Å². The minimum absolute atomic E-state index is 0.185. The Morgan fingerprint density at radius 3 is 1.79 bits per heavy atom. The van der Waals surface area contributed by atoms with Gasteiger partial charge in [-0.2, -0.15) is 0 Å². The zero-order valence-electron chi connectivity index (χ0n) is 19.2. The Morgan fingerprint density at radius 1 is 0.788 bits per heavy atom. The molecular formula is C28H35NO4. The second kappa shape index (κ2) is 11.0. The highest BCUT2D eigenvalue weighted by Crippen LogP contribution is 2.33. The van der Waals surface area contributed by atoms with Gasteiger partial charge in [0.05, 0.1) is 11.8 Å². The highest BCUT2D eigenvalue weighted by Gasteiger charge is 2.31. The van der Waals surface area contributed by atoms with E-state index in [9.17, 15) is 19.8 Å². The topological polar surface area (TPSA) is 86.6 Å². The molecule has 5 heteroatoms. The summed E-state index contributed by atoms with van der Waals surface area (Å²) < 4.78 is 0. The number of rotatable bonds is 10. The highest BCUT2D eigenvalue weighted by molar-refractivity contribution is 5.71. The van der Waals surface area contributed by atoms with Crippen LogP contribution in [0.25, 0.3) is 0 Å². The van der Waals surface area contributed by atoms with Crippen LogP contribution in [0.1, 0.15) is 54.4 Å². The average molecular weight is 450 g/mol. The third-order valence-electron chi connectivity index (χ3n) is 7.57. The summed E-state index contributed by atoms with van der Waals surface area (Å²) in [5, 5.41) is 22.8. The summed E-state index contributed by atoms with van der Waals surface area (Å²) >= 11 is 0. The summed E-state index contributed by atoms with van der Waals surface area (Å²) in [4.78, 5) is 23.8. The van der Waals surface area contributed by atoms with Gasteiger partial charge in [0.1, 0.15) is 0 Å². The van der Waals surface area contributed by atoms with Gasteiger partial charge in [-0.05, 0) is 85.7 Å². The molecule has 1 saturated carbocycles. The quantitative estimate of drug-likeness (QED) is 0.495. The molecule has 0 unspecified atom stereocenters. The van der Waals surface area contributed by atoms with Crippen LogP contribution < -0.4 is 5.32 Å². The number of hydrogen-bond acceptors (Lipinski definition) is 3. The van der Waals surface area contributed by atoms with E-state index < -0.39 is 11.9 Å². The molecule has 33 heavy (non-hydrogen) atoms. The highest BCUT2D eigenvalue weighted by atomic mass is 16.4. The minimum atomic E-state index is -0.711. The molecule has 4 rings (SSSR count). The van der Waals surface area contributed by atoms with Crippen molar-refractivity contribution in [2.75, 3.05) is 13.1 Å². The van der Waals surface area contributed by atoms with Gasteiger partial charge in [0.15, 0.2) is 0 Å². The summed E-state index contributed by atoms with van der Waals surface area (Å²) in [6, 6.07) is 16.5. The van der Waals surface area contributed by atoms with Crippen molar-refractivity contribution in [3.63, 3.8) is 0 Å². The molecule has 1 saturated heterocycles. The first-order valence-electron chi connectivity index (χ1n) is 12.3. The van der Waals surface area contributed by atoms with Crippen molar-refractivity contribution >= 4 is 11.9 Å². The normalized spacial score (nSPS) is 20.5. The second-order valence-corrected chi connectivity index (χ2v) is 9.91. The third-order valence-corrected chi connectivity index (χ3v) is 7.57. The van der Waals surface area contributed by atoms with Crippen molar-refractivity contribution in [2.45, 2.75) is 51.4 Å². The van der Waals surface area contributed by atoms with E-state index >= 15 is 0 Å². The lowest BCUT2D eigenvalue weighted by Gasteiger charge is -2.20. The number of aliphatic carboxylic acids is 2. The monoisotopic (exact) mass is 449 g/mol. The number of nitrogens with one attached hydrogen (secondary N) is 1. The molecule has 0 aromatic heterocycles. The van der Waals surface area contributed by atoms with Crippen LogP contribution in [-0.2, 0) is 28.9 Å². The lowest BCUT2D eigenvalue weighted by atomic mass is 9.85. The fourth-order valence-electron chi connectivity index (χ4n) is 5.77. The Labute approximate surface area is 196 Å². The zero-order valence-corrected chi connectivity index (χ0v) is 19.2. The Hall–Kier alpha value is -2.66. The zero-order chi connectivity index (χ0) is 23.2. The van der Waals surface area contributed by atoms with Crippen LogP contribution in [0, 0.1) is 23.7 Å². The molecule has 0 bridgehead atoms. The van der Waals surface area contributed by atoms with Crippen molar-refractivity contribution in [1.82, 2.24) is 5.32 Å². The van der Waals surface area contributed by atoms with E-state index in [-0.39, 0.29) is 17.8 Å². The predicted molar refractivity (Wildman–Crippen MR) is 128 cm³/mol. The molecule has 2 aromatic rings. The van der Waals surface area contributed by atoms with E-state index in [0.717, 1.165) is 73.9 Å². The maximum absolute atomic E-state index is 11.9. The Kier molecular flexibility index (Phi) is 7.81. The van der Waals surface area contributed by atoms with Gasteiger partial charge in [0.25, 0.3) is 0 Å². The fraction of sp³-hybridized carbons (Fsp3) is 0.500. The molecule has 1 aliphatic heterocycles. The molecule has 0 amide bonds. The van der Waals surface area contributed by atoms with E-state index in [4.69, 9.17) is 0 Å². The van der Waals surface area contributed by atoms with Crippen LogP contribution in [0.3, 0.4) is 0 Å². The van der Waals surface area contributed by atoms with Gasteiger partial charge in [-0.3, -0.25) is 9.59 Å². The van der Waals surface area contributed by atoms with Crippen LogP contribution in [0.2, 0.25) is 0 Å². The van der Waals surface area contributed by atoms with E-state index in [1.165, 1.54) is 0 Å². The number of carboxylic acids is 2. The molecule has 3 atom stereocenters. The second-order valence-electron chi connectivity index (χ2n) is 9.91. The molecule has 176 valence electrons. The maximum Gasteiger partial charge on any atom is 0.307 e. The maximum atomic E-state index is 11.9. The van der Waals surface area contributed by atoms with Gasteiger partial charge in [-0.15, -0.1) is 0 Å². The van der Waals surface area contributed by atoms with Gasteiger partial charge >= 0.3 is 11.9 Å². The van der Waals surface area contributed by atoms with Crippen LogP contribution in [0.5, 0.6) is 0 Å². The Balaban J connectivity index is 1.43. The van der Waals surface area contributed by atoms with E-state index in [1.807, 2.05) is 24.3 Å². The Bertz CT molecular complexity index is 882. The number of hydrogen-bond donors (Lipinski definition) is 3. The summed E-state index contributed by atoms with van der Waals surface area (Å²) in [6.45, 7) is 1.68. The first kappa shape index (κ1) is 23.5. The predicted octanol–water partition coefficient (Wildman–Crippen LogP) is 4.56. The smallest absolute Gasteiger partial charge is 0.307 e. The van der Waals surface area contributed by atoms with Crippen LogP contribution in [0.4, 0.5) is 0 Å². The molecule has 2 aliphatic rings. The van der Waals surface area contributed by atoms with Gasteiger partial charge in [-0.1, -0.05) is 61.4 Å². The van der Waals surface area contributed by atoms with Crippen LogP contribution in [-0.4, -0.2) is 35.2 Å². The van der Waals surface area contributed by atoms with Gasteiger partial charge < -0.3 is 15.5 Å². The SMILES string of the molecule is O=C(O)[C@@H](Cc1cccc(Cc2cccc(C[C@H](C(=O)O)[C@H]3CCNC3)c2)c1)C1CCCC1. The lowest BCUT2D eigenvalue weighted by Crippen LogP contribution is -2.27. The molecule has 2 aromatic carbocycles. The first-order chi connectivity index (χ1) is 16.0. The number of carbonyl (C=O) groups is 2. The molecule has 1 aliphatic carbocycles. The van der Waals surface area contributed by atoms with E-state index in [2.05, 4.69) is 29.6 Å². The molecular weight excluding hydrogens is 414 g/mol. The van der Waals surface area contributed by atoms with Crippen LogP contribution >= 0.6 is 0 Å². The number of benzene rings is 2. The molecule has 2 fully saturated rings. The lowest BCUT2D eigenvalue weighted by molar-refractivity contribution is -0.144. The summed E-state index contributed by atoms with van der Waals surface area (Å²) in [6.07, 6.45) is 7.15. The molecule has 3 N–H and O–H groups in total. The fourth-order valence-corrected chi connectivity index (χ4v) is 5.77. The standard InChI is InChI=1S/C28H35NO4/c30-27(31)25(23-9-1-2-10-23)16-21-7-3-5-19(14-21)13-20-6-4-8-22(15-20)17-26(28(32)33)24-11-12-29-18-24/h3-8,14-15,23-26,29H,1-2,9-13,16-18H2,(H,30,31)(H,32,33)/t24-,25-,26-/m0/s1. The van der Waals surface area contributed by atoms with Crippen LogP contribution in [0.15, 0.2) is 48.5 Å². The average Bonchev–Trinajstić information content (AvgIpc) is 3.50. The van der Waals surface area contributed by atoms with Gasteiger partial charge in [-0.25, -0.2) is 0 Å². The van der Waals surface area contributed by atoms with Gasteiger partial charge in [0.2, 0.25) is 0 Å². The van der Waals surface area contributed by atoms with Crippen molar-refractivity contribution in [3.05, 3.63) is 70.8 Å². The largest absolute Gasteiger partial charge is 0.481 e. The molecule has 0 radical (unpaired) electrons. The van der Waals surface area contributed by atoms with Gasteiger partial charge in [0, 0.05) is 0 Å².